The molecule has 0 bridgehead atoms. The molecule has 0 saturated heterocycles. The predicted molar refractivity (Wildman–Crippen MR) is 128 cm³/mol. The van der Waals surface area contributed by atoms with Crippen LogP contribution in [-0.4, -0.2) is 139 Å². The summed E-state index contributed by atoms with van der Waals surface area (Å²) in [6.45, 7) is 2.06. The quantitative estimate of drug-likeness (QED) is 0.0309. The Balaban J connectivity index is 0. The topological polar surface area (TPSA) is 217 Å². The third kappa shape index (κ3) is 28.5. The number of carboxylic acid groups (broad SMARTS) is 2. The summed E-state index contributed by atoms with van der Waals surface area (Å²) in [6, 6.07) is -0.733. The number of carbonyl (C=O) groups excluding carboxylic acids is 3. The Bertz CT molecular complexity index is 623. The fourth-order valence-electron chi connectivity index (χ4n) is 2.57. The van der Waals surface area contributed by atoms with Crippen molar-refractivity contribution in [2.24, 2.45) is 0 Å². The first-order valence-corrected chi connectivity index (χ1v) is 11.9. The van der Waals surface area contributed by atoms with Crippen LogP contribution in [-0.2, 0) is 52.4 Å². The molecule has 17 heteroatoms. The fraction of sp³-hybridized carbons (Fsp3) is 0.773. The maximum absolute atomic E-state index is 12.1. The molecule has 0 aromatic carbocycles. The monoisotopic (exact) mass is 809 g/mol. The van der Waals surface area contributed by atoms with Crippen LogP contribution in [0.15, 0.2) is 0 Å². The summed E-state index contributed by atoms with van der Waals surface area (Å²) in [5, 5.41) is 24.4. The largest absolute Gasteiger partial charge is 0.527 e. The number of carboxylic acids is 2. The number of amides is 3. The predicted octanol–water partition coefficient (Wildman–Crippen LogP) is -2.71. The number of rotatable bonds is 28. The zero-order valence-electron chi connectivity index (χ0n) is 21.6. The van der Waals surface area contributed by atoms with Crippen molar-refractivity contribution in [3.05, 3.63) is 0 Å². The first-order chi connectivity index (χ1) is 18.3. The van der Waals surface area contributed by atoms with Gasteiger partial charge in [-0.05, 0) is 0 Å². The summed E-state index contributed by atoms with van der Waals surface area (Å²) in [4.78, 5) is 55.3. The van der Waals surface area contributed by atoms with Gasteiger partial charge < -0.3 is 59.4 Å². The first-order valence-electron chi connectivity index (χ1n) is 11.9. The van der Waals surface area contributed by atoms with Crippen LogP contribution in [0.3, 0.4) is 0 Å². The van der Waals surface area contributed by atoms with Gasteiger partial charge in [0.25, 0.3) is 0 Å². The second-order valence-corrected chi connectivity index (χ2v) is 7.39. The van der Waals surface area contributed by atoms with E-state index in [1.165, 1.54) is 6.41 Å². The standard InChI is InChI=1S/C22H38N3O13.Fm/c26-17-25-18(13-19(27)23-1-3-33-5-7-35-9-11-37-15-21(29)30)14-20(28)24-2-4-34-6-8-36-10-12-38-16-22(31)32;/h18H,1-16H2,(H,23,27)(H,24,28)(H,25,26)(H,29,30)(H,31,32);/q-1;. The van der Waals surface area contributed by atoms with Gasteiger partial charge in [-0.1, -0.05) is 0 Å². The molecule has 3 amide bonds. The molecule has 232 valence electrons. The van der Waals surface area contributed by atoms with Gasteiger partial charge in [-0.15, -0.1) is 0 Å². The molecule has 0 radical (unpaired) electrons. The third-order valence-corrected chi connectivity index (χ3v) is 4.20. The maximum Gasteiger partial charge on any atom is 0.329 e. The van der Waals surface area contributed by atoms with Gasteiger partial charge in [-0.3, -0.25) is 9.59 Å². The van der Waals surface area contributed by atoms with Crippen molar-refractivity contribution in [1.82, 2.24) is 16.0 Å². The van der Waals surface area contributed by atoms with E-state index in [4.69, 9.17) is 38.6 Å². The SMILES string of the molecule is O=[C-]NC(CC(=O)NCCOCCOCCOCC(=O)O)CC(=O)NCCOCCOCCOCC(=O)O.[Fm]. The molecule has 0 aromatic rings. The molecule has 39 heavy (non-hydrogen) atoms. The van der Waals surface area contributed by atoms with Crippen molar-refractivity contribution in [2.45, 2.75) is 18.9 Å². The normalized spacial score (nSPS) is 10.5. The number of nitrogens with one attached hydrogen (secondary N) is 3. The van der Waals surface area contributed by atoms with Crippen molar-refractivity contribution in [2.75, 3.05) is 92.4 Å². The van der Waals surface area contributed by atoms with Gasteiger partial charge in [0, 0.05) is 32.0 Å². The van der Waals surface area contributed by atoms with Gasteiger partial charge >= 0.3 is 11.9 Å². The molecule has 0 aromatic heterocycles. The second-order valence-electron chi connectivity index (χ2n) is 7.39. The van der Waals surface area contributed by atoms with Crippen molar-refractivity contribution in [3.8, 4) is 0 Å². The minimum atomic E-state index is -1.05. The molecule has 0 aliphatic heterocycles. The van der Waals surface area contributed by atoms with Gasteiger partial charge in [0.05, 0.1) is 66.1 Å². The van der Waals surface area contributed by atoms with E-state index in [0.29, 0.717) is 0 Å². The molecule has 0 aliphatic carbocycles. The molecular weight excluding hydrogens is 771 g/mol. The van der Waals surface area contributed by atoms with Crippen LogP contribution in [0.25, 0.3) is 0 Å². The molecule has 0 rings (SSSR count). The average molecular weight is 810 g/mol. The summed E-state index contributed by atoms with van der Waals surface area (Å²) < 4.78 is 30.6. The minimum Gasteiger partial charge on any atom is -0.527 e. The molecule has 0 fully saturated rings. The number of ether oxygens (including phenoxy) is 6. The summed E-state index contributed by atoms with van der Waals surface area (Å²) in [6.07, 6.45) is 1.26. The molecule has 0 aliphatic rings. The maximum atomic E-state index is 12.1. The summed E-state index contributed by atoms with van der Waals surface area (Å²) in [5.41, 5.74) is 0. The zero-order valence-corrected chi connectivity index (χ0v) is 24.0. The van der Waals surface area contributed by atoms with Crippen molar-refractivity contribution >= 4 is 30.2 Å². The summed E-state index contributed by atoms with van der Waals surface area (Å²) >= 11 is 0. The minimum absolute atomic E-state index is 0. The molecule has 0 heterocycles. The molecule has 5 N–H and O–H groups in total. The summed E-state index contributed by atoms with van der Waals surface area (Å²) in [7, 11) is 0. The van der Waals surface area contributed by atoms with E-state index in [1.54, 1.807) is 0 Å². The first kappa shape index (κ1) is 37.3. The van der Waals surface area contributed by atoms with Gasteiger partial charge in [0.15, 0.2) is 0 Å². The third-order valence-electron chi connectivity index (χ3n) is 4.20. The van der Waals surface area contributed by atoms with Gasteiger partial charge in [0.1, 0.15) is 13.2 Å². The van der Waals surface area contributed by atoms with E-state index in [1.807, 2.05) is 0 Å². The Hall–Kier alpha value is -3.89. The van der Waals surface area contributed by atoms with Crippen LogP contribution in [0.4, 0.5) is 0 Å². The second kappa shape index (κ2) is 27.2. The Morgan fingerprint density at radius 2 is 0.923 bits per heavy atom. The molecule has 0 spiro atoms. The van der Waals surface area contributed by atoms with Crippen LogP contribution in [0.1, 0.15) is 12.8 Å². The van der Waals surface area contributed by atoms with Crippen LogP contribution in [0.5, 0.6) is 0 Å². The van der Waals surface area contributed by atoms with Crippen molar-refractivity contribution in [3.63, 3.8) is 0 Å². The molecule has 0 saturated carbocycles. The van der Waals surface area contributed by atoms with E-state index < -0.39 is 18.0 Å². The summed E-state index contributed by atoms with van der Waals surface area (Å²) in [5.74, 6) is -2.85. The van der Waals surface area contributed by atoms with Gasteiger partial charge in [-0.25, -0.2) is 9.59 Å². The Morgan fingerprint density at radius 3 is 1.26 bits per heavy atom. The number of hydrogen-bond acceptors (Lipinski definition) is 11. The van der Waals surface area contributed by atoms with E-state index in [-0.39, 0.29) is 117 Å². The average Bonchev–Trinajstić information content (AvgIpc) is 2.85. The molecule has 0 atom stereocenters. The van der Waals surface area contributed by atoms with Crippen LogP contribution >= 0.6 is 0 Å². The Kier molecular flexibility index (Phi) is 25.9. The fourth-order valence-corrected chi connectivity index (χ4v) is 2.57. The van der Waals surface area contributed by atoms with Crippen LogP contribution < -0.4 is 16.0 Å². The molecule has 16 nitrogen and oxygen atoms in total. The number of hydrogen-bond donors (Lipinski definition) is 5. The van der Waals surface area contributed by atoms with Gasteiger partial charge in [-0.2, -0.15) is 6.41 Å². The Morgan fingerprint density at radius 1 is 0.590 bits per heavy atom. The number of carbonyl (C=O) groups is 4. The molecular formula is C22H38FmN3O13-. The van der Waals surface area contributed by atoms with E-state index in [2.05, 4.69) is 16.0 Å². The van der Waals surface area contributed by atoms with Gasteiger partial charge in [0.2, 0.25) is 11.8 Å². The van der Waals surface area contributed by atoms with Crippen LogP contribution in [0, 0.1) is 0 Å². The zero-order chi connectivity index (χ0) is 28.3. The molecule has 0 unspecified atom stereocenters. The van der Waals surface area contributed by atoms with E-state index >= 15 is 0 Å². The van der Waals surface area contributed by atoms with Crippen molar-refractivity contribution < 1.29 is 62.6 Å². The van der Waals surface area contributed by atoms with Crippen molar-refractivity contribution in [1.29, 1.82) is 0 Å². The smallest absolute Gasteiger partial charge is 0.329 e. The number of aliphatic carboxylic acids is 2. The van der Waals surface area contributed by atoms with E-state index in [0.717, 1.165) is 0 Å². The van der Waals surface area contributed by atoms with Crippen LogP contribution in [0.2, 0.25) is 0 Å². The van der Waals surface area contributed by atoms with E-state index in [9.17, 15) is 24.0 Å². The Labute approximate surface area is 220 Å².